The van der Waals surface area contributed by atoms with Gasteiger partial charge >= 0.3 is 0 Å². The number of nitrogens with zero attached hydrogens (tertiary/aromatic N) is 3. The summed E-state index contributed by atoms with van der Waals surface area (Å²) in [5, 5.41) is 2.88. The Morgan fingerprint density at radius 1 is 1.45 bits per heavy atom. The number of hydrogen-bond donors (Lipinski definition) is 2. The average Bonchev–Trinajstić information content (AvgIpc) is 2.06. The predicted molar refractivity (Wildman–Crippen MR) is 42.3 cm³/mol. The minimum Gasteiger partial charge on any atom is -0.383 e. The van der Waals surface area contributed by atoms with Gasteiger partial charge in [0, 0.05) is 0 Å². The highest BCUT2D eigenvalue weighted by Gasteiger charge is 2.09. The lowest BCUT2D eigenvalue weighted by atomic mass is 10.2. The van der Waals surface area contributed by atoms with Crippen LogP contribution in [0.4, 0.5) is 11.6 Å². The van der Waals surface area contributed by atoms with Crippen molar-refractivity contribution in [2.75, 3.05) is 11.1 Å². The van der Waals surface area contributed by atoms with Crippen molar-refractivity contribution in [1.29, 1.82) is 0 Å². The van der Waals surface area contributed by atoms with Crippen LogP contribution in [0, 0.1) is 0 Å². The molecule has 2 heterocycles. The number of anilines is 2. The van der Waals surface area contributed by atoms with Gasteiger partial charge in [0.15, 0.2) is 0 Å². The second-order valence-corrected chi connectivity index (χ2v) is 2.20. The van der Waals surface area contributed by atoms with Crippen LogP contribution in [-0.2, 0) is 6.54 Å². The van der Waals surface area contributed by atoms with Crippen molar-refractivity contribution in [1.82, 2.24) is 9.97 Å². The van der Waals surface area contributed by atoms with Crippen molar-refractivity contribution >= 4 is 18.0 Å². The lowest BCUT2D eigenvalue weighted by Gasteiger charge is -2.10. The summed E-state index contributed by atoms with van der Waals surface area (Å²) in [5.41, 5.74) is 6.45. The molecule has 0 bridgehead atoms. The molecule has 0 aromatic carbocycles. The Kier molecular flexibility index (Phi) is 1.21. The molecule has 56 valence electrons. The number of aliphatic imine (C=N–C) groups is 1. The Bertz CT molecular complexity index is 306. The van der Waals surface area contributed by atoms with Crippen molar-refractivity contribution in [2.45, 2.75) is 6.54 Å². The molecule has 1 aromatic heterocycles. The summed E-state index contributed by atoms with van der Waals surface area (Å²) in [6.07, 6.45) is 3.04. The van der Waals surface area contributed by atoms with Crippen molar-refractivity contribution in [2.24, 2.45) is 4.99 Å². The first-order chi connectivity index (χ1) is 5.38. The molecule has 0 unspecified atom stereocenters. The second kappa shape index (κ2) is 2.19. The Hall–Kier alpha value is -1.65. The van der Waals surface area contributed by atoms with E-state index in [4.69, 9.17) is 5.73 Å². The summed E-state index contributed by atoms with van der Waals surface area (Å²) in [6.45, 7) is 0.564. The van der Waals surface area contributed by atoms with Gasteiger partial charge in [-0.1, -0.05) is 0 Å². The minimum absolute atomic E-state index is 0.499. The van der Waals surface area contributed by atoms with E-state index in [2.05, 4.69) is 20.3 Å². The molecule has 0 saturated heterocycles. The van der Waals surface area contributed by atoms with Gasteiger partial charge in [-0.05, 0) is 0 Å². The molecule has 1 aliphatic heterocycles. The molecule has 0 aliphatic carbocycles. The fraction of sp³-hybridized carbons (Fsp3) is 0.167. The molecule has 2 rings (SSSR count). The van der Waals surface area contributed by atoms with Gasteiger partial charge in [-0.2, -0.15) is 0 Å². The Balaban J connectivity index is 2.54. The van der Waals surface area contributed by atoms with Crippen molar-refractivity contribution in [3.05, 3.63) is 11.9 Å². The highest BCUT2D eigenvalue weighted by atomic mass is 15.1. The van der Waals surface area contributed by atoms with Crippen LogP contribution in [0.3, 0.4) is 0 Å². The molecule has 5 heteroatoms. The molecule has 0 atom stereocenters. The van der Waals surface area contributed by atoms with E-state index in [9.17, 15) is 0 Å². The molecular formula is C6H7N5. The lowest BCUT2D eigenvalue weighted by Crippen LogP contribution is -2.10. The van der Waals surface area contributed by atoms with Gasteiger partial charge < -0.3 is 11.1 Å². The molecule has 0 fully saturated rings. The number of nitrogens with one attached hydrogen (secondary N) is 1. The fourth-order valence-corrected chi connectivity index (χ4v) is 0.950. The van der Waals surface area contributed by atoms with E-state index in [1.807, 2.05) is 0 Å². The van der Waals surface area contributed by atoms with Gasteiger partial charge in [-0.25, -0.2) is 9.97 Å². The minimum atomic E-state index is 0.499. The van der Waals surface area contributed by atoms with Gasteiger partial charge in [-0.15, -0.1) is 0 Å². The highest BCUT2D eigenvalue weighted by molar-refractivity contribution is 5.79. The molecule has 1 aromatic rings. The van der Waals surface area contributed by atoms with Crippen LogP contribution in [0.2, 0.25) is 0 Å². The van der Waals surface area contributed by atoms with Crippen molar-refractivity contribution in [3.63, 3.8) is 0 Å². The van der Waals surface area contributed by atoms with Crippen LogP contribution < -0.4 is 11.1 Å². The largest absolute Gasteiger partial charge is 0.383 e. The quantitative estimate of drug-likeness (QED) is 0.545. The zero-order valence-electron chi connectivity index (χ0n) is 5.78. The normalized spacial score (nSPS) is 13.8. The van der Waals surface area contributed by atoms with Gasteiger partial charge in [0.05, 0.1) is 18.4 Å². The summed E-state index contributed by atoms with van der Waals surface area (Å²) in [6, 6.07) is 0. The van der Waals surface area contributed by atoms with E-state index in [1.165, 1.54) is 6.33 Å². The number of hydrogen-bond acceptors (Lipinski definition) is 5. The molecule has 0 amide bonds. The van der Waals surface area contributed by atoms with Crippen LogP contribution in [-0.4, -0.2) is 16.3 Å². The number of fused-ring (bicyclic) bond motifs is 1. The smallest absolute Gasteiger partial charge is 0.141 e. The van der Waals surface area contributed by atoms with E-state index in [0.29, 0.717) is 12.4 Å². The van der Waals surface area contributed by atoms with E-state index >= 15 is 0 Å². The lowest BCUT2D eigenvalue weighted by molar-refractivity contribution is 1.01. The Labute approximate surface area is 63.4 Å². The van der Waals surface area contributed by atoms with Gasteiger partial charge in [0.1, 0.15) is 18.0 Å². The topological polar surface area (TPSA) is 76.2 Å². The highest BCUT2D eigenvalue weighted by Crippen LogP contribution is 2.19. The Morgan fingerprint density at radius 3 is 3.18 bits per heavy atom. The maximum absolute atomic E-state index is 5.58. The molecule has 0 radical (unpaired) electrons. The van der Waals surface area contributed by atoms with Crippen LogP contribution in [0.1, 0.15) is 5.56 Å². The first-order valence-corrected chi connectivity index (χ1v) is 3.22. The summed E-state index contributed by atoms with van der Waals surface area (Å²) >= 11 is 0. The first kappa shape index (κ1) is 6.09. The molecule has 1 aliphatic rings. The molecule has 5 nitrogen and oxygen atoms in total. The SMILES string of the molecule is Nc1ncnc2c1CN=CN2. The average molecular weight is 149 g/mol. The first-order valence-electron chi connectivity index (χ1n) is 3.22. The maximum Gasteiger partial charge on any atom is 0.141 e. The van der Waals surface area contributed by atoms with Gasteiger partial charge in [0.25, 0.3) is 0 Å². The number of nitrogen functional groups attached to an aromatic ring is 1. The third kappa shape index (κ3) is 0.899. The van der Waals surface area contributed by atoms with Crippen LogP contribution >= 0.6 is 0 Å². The van der Waals surface area contributed by atoms with E-state index in [1.54, 1.807) is 6.34 Å². The molecule has 0 saturated carbocycles. The zero-order valence-corrected chi connectivity index (χ0v) is 5.78. The third-order valence-corrected chi connectivity index (χ3v) is 1.52. The van der Waals surface area contributed by atoms with E-state index in [0.717, 1.165) is 11.4 Å². The second-order valence-electron chi connectivity index (χ2n) is 2.20. The Morgan fingerprint density at radius 2 is 2.36 bits per heavy atom. The van der Waals surface area contributed by atoms with E-state index in [-0.39, 0.29) is 0 Å². The summed E-state index contributed by atoms with van der Waals surface area (Å²) in [4.78, 5) is 11.8. The predicted octanol–water partition coefficient (Wildman–Crippen LogP) is 0.0126. The summed E-state index contributed by atoms with van der Waals surface area (Å²) in [5.74, 6) is 1.26. The number of nitrogens with two attached hydrogens (primary N) is 1. The molecule has 3 N–H and O–H groups in total. The summed E-state index contributed by atoms with van der Waals surface area (Å²) < 4.78 is 0. The van der Waals surface area contributed by atoms with Crippen LogP contribution in [0.15, 0.2) is 11.3 Å². The van der Waals surface area contributed by atoms with Gasteiger partial charge in [0.2, 0.25) is 0 Å². The number of rotatable bonds is 0. The van der Waals surface area contributed by atoms with E-state index < -0.39 is 0 Å². The molecular weight excluding hydrogens is 142 g/mol. The monoisotopic (exact) mass is 149 g/mol. The molecule has 0 spiro atoms. The zero-order chi connectivity index (χ0) is 7.68. The molecule has 11 heavy (non-hydrogen) atoms. The van der Waals surface area contributed by atoms with Gasteiger partial charge in [-0.3, -0.25) is 4.99 Å². The van der Waals surface area contributed by atoms with Crippen LogP contribution in [0.25, 0.3) is 0 Å². The fourth-order valence-electron chi connectivity index (χ4n) is 0.950. The van der Waals surface area contributed by atoms with Crippen molar-refractivity contribution < 1.29 is 0 Å². The summed E-state index contributed by atoms with van der Waals surface area (Å²) in [7, 11) is 0. The van der Waals surface area contributed by atoms with Crippen LogP contribution in [0.5, 0.6) is 0 Å². The van der Waals surface area contributed by atoms with Crippen molar-refractivity contribution in [3.8, 4) is 0 Å². The maximum atomic E-state index is 5.58. The number of aromatic nitrogens is 2. The third-order valence-electron chi connectivity index (χ3n) is 1.52. The standard InChI is InChI=1S/C6H7N5/c7-5-4-1-8-2-10-6(4)11-3-9-5/h2-3H,1H2,(H3,7,8,9,10,11).